The number of imidazole rings is 2. The molecule has 0 amide bonds. The van der Waals surface area contributed by atoms with Crippen LogP contribution >= 0.6 is 0 Å². The highest BCUT2D eigenvalue weighted by atomic mass is 15.3. The molecular weight excluding hydrogens is 436 g/mol. The van der Waals surface area contributed by atoms with E-state index in [1.807, 2.05) is 36.4 Å². The fourth-order valence-electron chi connectivity index (χ4n) is 5.33. The Morgan fingerprint density at radius 2 is 1.63 bits per heavy atom. The van der Waals surface area contributed by atoms with E-state index in [0.29, 0.717) is 6.04 Å². The molecule has 1 saturated heterocycles. The van der Waals surface area contributed by atoms with Gasteiger partial charge in [-0.15, -0.1) is 0 Å². The van der Waals surface area contributed by atoms with E-state index < -0.39 is 0 Å². The number of aromatic amines is 3. The van der Waals surface area contributed by atoms with Gasteiger partial charge in [0.1, 0.15) is 11.5 Å². The molecule has 1 unspecified atom stereocenters. The van der Waals surface area contributed by atoms with Crippen LogP contribution in [0.5, 0.6) is 0 Å². The van der Waals surface area contributed by atoms with E-state index in [9.17, 15) is 0 Å². The standard InChI is InChI=1S/C27H26N8/c1-16-15-34(2)12-13-35(16)17-10-11-21-23(14-17)31-26(28-21)18-6-5-9-22-24(18)25(33-32-22)27-29-19-7-3-4-8-20(19)30-27/h3-11,14,16H,12-13,15H2,1-2H3,(H,28,31)(H,29,30)(H,32,33). The number of nitrogens with one attached hydrogen (secondary N) is 3. The lowest BCUT2D eigenvalue weighted by Gasteiger charge is -2.39. The number of hydrogen-bond donors (Lipinski definition) is 3. The summed E-state index contributed by atoms with van der Waals surface area (Å²) in [6.07, 6.45) is 0. The van der Waals surface area contributed by atoms with E-state index in [2.05, 4.69) is 68.2 Å². The van der Waals surface area contributed by atoms with E-state index in [0.717, 1.165) is 75.5 Å². The molecule has 1 aliphatic rings. The molecule has 1 atom stereocenters. The number of nitrogens with zero attached hydrogens (tertiary/aromatic N) is 5. The Kier molecular flexibility index (Phi) is 4.44. The first-order valence-corrected chi connectivity index (χ1v) is 12.0. The van der Waals surface area contributed by atoms with Crippen LogP contribution in [0, 0.1) is 0 Å². The SMILES string of the molecule is CC1CN(C)CCN1c1ccc2nc(-c3cccc4[nH]nc(-c5nc6ccccc6[nH]5)c34)[nH]c2c1. The normalized spacial score (nSPS) is 17.2. The van der Waals surface area contributed by atoms with Crippen LogP contribution in [0.1, 0.15) is 6.92 Å². The molecule has 1 fully saturated rings. The van der Waals surface area contributed by atoms with Gasteiger partial charge in [-0.25, -0.2) is 9.97 Å². The number of H-pyrrole nitrogens is 3. The summed E-state index contributed by atoms with van der Waals surface area (Å²) in [7, 11) is 2.19. The zero-order valence-electron chi connectivity index (χ0n) is 19.7. The van der Waals surface area contributed by atoms with Crippen molar-refractivity contribution in [2.45, 2.75) is 13.0 Å². The number of likely N-dealkylation sites (N-methyl/N-ethyl adjacent to an activating group) is 1. The summed E-state index contributed by atoms with van der Waals surface area (Å²) < 4.78 is 0. The average Bonchev–Trinajstić information content (AvgIpc) is 3.59. The molecule has 6 aromatic rings. The quantitative estimate of drug-likeness (QED) is 0.352. The first-order chi connectivity index (χ1) is 17.1. The third-order valence-corrected chi connectivity index (χ3v) is 7.09. The van der Waals surface area contributed by atoms with Crippen molar-refractivity contribution in [2.75, 3.05) is 31.6 Å². The van der Waals surface area contributed by atoms with E-state index in [1.54, 1.807) is 0 Å². The maximum absolute atomic E-state index is 4.95. The molecule has 7 rings (SSSR count). The van der Waals surface area contributed by atoms with Gasteiger partial charge in [-0.2, -0.15) is 5.10 Å². The fraction of sp³-hybridized carbons (Fsp3) is 0.222. The predicted octanol–water partition coefficient (Wildman–Crippen LogP) is 4.79. The van der Waals surface area contributed by atoms with E-state index in [-0.39, 0.29) is 0 Å². The van der Waals surface area contributed by atoms with Crippen LogP contribution < -0.4 is 4.90 Å². The van der Waals surface area contributed by atoms with Gasteiger partial charge in [0.15, 0.2) is 5.82 Å². The van der Waals surface area contributed by atoms with Crippen LogP contribution in [-0.4, -0.2) is 67.8 Å². The number of hydrogen-bond acceptors (Lipinski definition) is 5. The molecule has 0 radical (unpaired) electrons. The summed E-state index contributed by atoms with van der Waals surface area (Å²) in [5, 5.41) is 8.79. The van der Waals surface area contributed by atoms with Crippen LogP contribution in [0.2, 0.25) is 0 Å². The van der Waals surface area contributed by atoms with Crippen molar-refractivity contribution in [3.05, 3.63) is 60.7 Å². The maximum Gasteiger partial charge on any atom is 0.159 e. The third-order valence-electron chi connectivity index (χ3n) is 7.09. The summed E-state index contributed by atoms with van der Waals surface area (Å²) in [5.41, 5.74) is 7.88. The second-order valence-electron chi connectivity index (χ2n) is 9.49. The molecule has 174 valence electrons. The van der Waals surface area contributed by atoms with Gasteiger partial charge in [-0.1, -0.05) is 24.3 Å². The topological polar surface area (TPSA) is 92.5 Å². The lowest BCUT2D eigenvalue weighted by Crippen LogP contribution is -2.50. The number of benzene rings is 3. The molecule has 8 nitrogen and oxygen atoms in total. The zero-order chi connectivity index (χ0) is 23.5. The Balaban J connectivity index is 1.33. The van der Waals surface area contributed by atoms with Gasteiger partial charge in [-0.3, -0.25) is 5.10 Å². The fourth-order valence-corrected chi connectivity index (χ4v) is 5.33. The molecule has 0 saturated carbocycles. The summed E-state index contributed by atoms with van der Waals surface area (Å²) in [6, 6.07) is 21.2. The highest BCUT2D eigenvalue weighted by Gasteiger charge is 2.23. The van der Waals surface area contributed by atoms with Crippen molar-refractivity contribution in [1.29, 1.82) is 0 Å². The molecule has 0 spiro atoms. The molecule has 0 bridgehead atoms. The lowest BCUT2D eigenvalue weighted by molar-refractivity contribution is 0.275. The third kappa shape index (κ3) is 3.29. The molecular formula is C27H26N8. The molecule has 3 N–H and O–H groups in total. The molecule has 4 heterocycles. The molecule has 0 aliphatic carbocycles. The molecule has 3 aromatic heterocycles. The van der Waals surface area contributed by atoms with E-state index in [1.165, 1.54) is 5.69 Å². The minimum atomic E-state index is 0.472. The Labute approximate surface area is 202 Å². The van der Waals surface area contributed by atoms with Gasteiger partial charge in [0.2, 0.25) is 0 Å². The van der Waals surface area contributed by atoms with Gasteiger partial charge in [0.05, 0.1) is 27.6 Å². The van der Waals surface area contributed by atoms with Crippen molar-refractivity contribution >= 4 is 38.7 Å². The molecule has 35 heavy (non-hydrogen) atoms. The first kappa shape index (κ1) is 20.2. The number of anilines is 1. The van der Waals surface area contributed by atoms with Crippen molar-refractivity contribution in [2.24, 2.45) is 0 Å². The molecule has 1 aliphatic heterocycles. The Hall–Kier alpha value is -4.17. The largest absolute Gasteiger partial charge is 0.366 e. The summed E-state index contributed by atoms with van der Waals surface area (Å²) >= 11 is 0. The number of rotatable bonds is 3. The zero-order valence-corrected chi connectivity index (χ0v) is 19.7. The van der Waals surface area contributed by atoms with Crippen LogP contribution in [0.3, 0.4) is 0 Å². The Bertz CT molecular complexity index is 1660. The molecule has 8 heteroatoms. The smallest absolute Gasteiger partial charge is 0.159 e. The van der Waals surface area contributed by atoms with Crippen LogP contribution in [0.15, 0.2) is 60.7 Å². The van der Waals surface area contributed by atoms with Crippen LogP contribution in [0.25, 0.3) is 55.9 Å². The van der Waals surface area contributed by atoms with E-state index >= 15 is 0 Å². The first-order valence-electron chi connectivity index (χ1n) is 12.0. The summed E-state index contributed by atoms with van der Waals surface area (Å²) in [4.78, 5) is 21.6. The second-order valence-corrected chi connectivity index (χ2v) is 9.49. The van der Waals surface area contributed by atoms with Crippen molar-refractivity contribution in [3.8, 4) is 22.9 Å². The van der Waals surface area contributed by atoms with E-state index in [4.69, 9.17) is 9.97 Å². The maximum atomic E-state index is 4.95. The monoisotopic (exact) mass is 462 g/mol. The number of piperazine rings is 1. The van der Waals surface area contributed by atoms with Crippen LogP contribution in [0.4, 0.5) is 5.69 Å². The predicted molar refractivity (Wildman–Crippen MR) is 141 cm³/mol. The van der Waals surface area contributed by atoms with Crippen molar-refractivity contribution < 1.29 is 0 Å². The second kappa shape index (κ2) is 7.68. The van der Waals surface area contributed by atoms with Gasteiger partial charge in [0.25, 0.3) is 0 Å². The lowest BCUT2D eigenvalue weighted by atomic mass is 10.1. The molecule has 3 aromatic carbocycles. The van der Waals surface area contributed by atoms with Gasteiger partial charge in [0, 0.05) is 42.3 Å². The van der Waals surface area contributed by atoms with Crippen molar-refractivity contribution in [3.63, 3.8) is 0 Å². The minimum absolute atomic E-state index is 0.472. The average molecular weight is 463 g/mol. The number of para-hydroxylation sites is 2. The van der Waals surface area contributed by atoms with Crippen molar-refractivity contribution in [1.82, 2.24) is 35.0 Å². The van der Waals surface area contributed by atoms with Gasteiger partial charge >= 0.3 is 0 Å². The Morgan fingerprint density at radius 3 is 2.51 bits per heavy atom. The Morgan fingerprint density at radius 1 is 0.829 bits per heavy atom. The van der Waals surface area contributed by atoms with Gasteiger partial charge < -0.3 is 19.8 Å². The summed E-state index contributed by atoms with van der Waals surface area (Å²) in [6.45, 7) is 5.46. The highest BCUT2D eigenvalue weighted by molar-refractivity contribution is 6.03. The minimum Gasteiger partial charge on any atom is -0.366 e. The summed E-state index contributed by atoms with van der Waals surface area (Å²) in [5.74, 6) is 1.57. The number of fused-ring (bicyclic) bond motifs is 3. The number of aromatic nitrogens is 6. The van der Waals surface area contributed by atoms with Crippen LogP contribution in [-0.2, 0) is 0 Å². The van der Waals surface area contributed by atoms with Gasteiger partial charge in [-0.05, 0) is 50.4 Å². The highest BCUT2D eigenvalue weighted by Crippen LogP contribution is 2.35.